The van der Waals surface area contributed by atoms with Crippen molar-refractivity contribution >= 4 is 5.78 Å². The number of H-pyrrole nitrogens is 1. The van der Waals surface area contributed by atoms with Gasteiger partial charge in [-0.15, -0.1) is 0 Å². The Hall–Kier alpha value is -1.85. The van der Waals surface area contributed by atoms with E-state index in [0.717, 1.165) is 0 Å². The van der Waals surface area contributed by atoms with Gasteiger partial charge in [-0.3, -0.25) is 9.59 Å². The highest BCUT2D eigenvalue weighted by molar-refractivity contribution is 6.05. The van der Waals surface area contributed by atoms with Gasteiger partial charge in [0.1, 0.15) is 0 Å². The SMILES string of the molecule is Cc1cc(C)c(C(=O)/C=C/C(F)(F)F)c(=O)[nH]1. The van der Waals surface area contributed by atoms with Crippen LogP contribution in [0.1, 0.15) is 21.6 Å². The zero-order valence-corrected chi connectivity index (χ0v) is 9.18. The molecule has 0 atom stereocenters. The molecular weight excluding hydrogens is 235 g/mol. The number of halogens is 3. The third-order valence-corrected chi connectivity index (χ3v) is 2.04. The second kappa shape index (κ2) is 4.57. The van der Waals surface area contributed by atoms with E-state index in [1.54, 1.807) is 6.92 Å². The Morgan fingerprint density at radius 2 is 1.94 bits per heavy atom. The number of carbonyl (C=O) groups excluding carboxylic acids is 1. The van der Waals surface area contributed by atoms with E-state index in [0.29, 0.717) is 17.3 Å². The first-order valence-corrected chi connectivity index (χ1v) is 4.71. The molecule has 0 spiro atoms. The van der Waals surface area contributed by atoms with Gasteiger partial charge in [-0.1, -0.05) is 0 Å². The molecule has 1 N–H and O–H groups in total. The number of carbonyl (C=O) groups is 1. The maximum absolute atomic E-state index is 11.9. The summed E-state index contributed by atoms with van der Waals surface area (Å²) in [6.07, 6.45) is -4.40. The van der Waals surface area contributed by atoms with Crippen LogP contribution in [0.5, 0.6) is 0 Å². The van der Waals surface area contributed by atoms with Gasteiger partial charge >= 0.3 is 6.18 Å². The van der Waals surface area contributed by atoms with Crippen molar-refractivity contribution < 1.29 is 18.0 Å². The summed E-state index contributed by atoms with van der Waals surface area (Å²) in [6, 6.07) is 1.52. The molecule has 1 aromatic rings. The van der Waals surface area contributed by atoms with Crippen LogP contribution in [0.3, 0.4) is 0 Å². The summed E-state index contributed by atoms with van der Waals surface area (Å²) in [5, 5.41) is 0. The molecule has 0 fully saturated rings. The zero-order chi connectivity index (χ0) is 13.2. The minimum absolute atomic E-state index is 0.186. The third-order valence-electron chi connectivity index (χ3n) is 2.04. The number of ketones is 1. The van der Waals surface area contributed by atoms with Crippen LogP contribution < -0.4 is 5.56 Å². The lowest BCUT2D eigenvalue weighted by Gasteiger charge is -2.02. The fourth-order valence-corrected chi connectivity index (χ4v) is 1.41. The number of pyridine rings is 1. The molecule has 1 aromatic heterocycles. The highest BCUT2D eigenvalue weighted by Gasteiger charge is 2.23. The van der Waals surface area contributed by atoms with Crippen LogP contribution in [0.4, 0.5) is 13.2 Å². The molecule has 17 heavy (non-hydrogen) atoms. The smallest absolute Gasteiger partial charge is 0.326 e. The van der Waals surface area contributed by atoms with Crippen LogP contribution in [0, 0.1) is 13.8 Å². The largest absolute Gasteiger partial charge is 0.409 e. The van der Waals surface area contributed by atoms with E-state index in [4.69, 9.17) is 0 Å². The van der Waals surface area contributed by atoms with E-state index >= 15 is 0 Å². The second-order valence-electron chi connectivity index (χ2n) is 3.58. The van der Waals surface area contributed by atoms with Crippen molar-refractivity contribution in [2.45, 2.75) is 20.0 Å². The first-order valence-electron chi connectivity index (χ1n) is 4.71. The van der Waals surface area contributed by atoms with Crippen molar-refractivity contribution in [2.24, 2.45) is 0 Å². The maximum Gasteiger partial charge on any atom is 0.409 e. The Bertz CT molecular complexity index is 526. The van der Waals surface area contributed by atoms with Crippen molar-refractivity contribution in [2.75, 3.05) is 0 Å². The van der Waals surface area contributed by atoms with Crippen molar-refractivity contribution in [1.82, 2.24) is 4.98 Å². The van der Waals surface area contributed by atoms with Crippen LogP contribution in [0.2, 0.25) is 0 Å². The van der Waals surface area contributed by atoms with E-state index < -0.39 is 17.5 Å². The van der Waals surface area contributed by atoms with E-state index in [2.05, 4.69) is 4.98 Å². The Morgan fingerprint density at radius 3 is 2.41 bits per heavy atom. The zero-order valence-electron chi connectivity index (χ0n) is 9.18. The van der Waals surface area contributed by atoms with Gasteiger partial charge in [0.25, 0.3) is 5.56 Å². The highest BCUT2D eigenvalue weighted by Crippen LogP contribution is 2.16. The predicted molar refractivity (Wildman–Crippen MR) is 56.1 cm³/mol. The summed E-state index contributed by atoms with van der Waals surface area (Å²) < 4.78 is 35.6. The van der Waals surface area contributed by atoms with Crippen LogP contribution in [0.15, 0.2) is 23.0 Å². The lowest BCUT2D eigenvalue weighted by atomic mass is 10.1. The van der Waals surface area contributed by atoms with Gasteiger partial charge in [0.15, 0.2) is 5.78 Å². The molecular formula is C11H10F3NO2. The van der Waals surface area contributed by atoms with Gasteiger partial charge in [0.05, 0.1) is 5.56 Å². The number of aromatic amines is 1. The summed E-state index contributed by atoms with van der Waals surface area (Å²) in [5.74, 6) is -0.957. The Balaban J connectivity index is 3.15. The van der Waals surface area contributed by atoms with Gasteiger partial charge in [-0.05, 0) is 31.6 Å². The Morgan fingerprint density at radius 1 is 1.35 bits per heavy atom. The number of alkyl halides is 3. The molecule has 6 heteroatoms. The van der Waals surface area contributed by atoms with Crippen molar-refractivity contribution in [1.29, 1.82) is 0 Å². The molecule has 1 heterocycles. The number of aryl methyl sites for hydroxylation is 2. The first kappa shape index (κ1) is 13.2. The summed E-state index contributed by atoms with van der Waals surface area (Å²) in [7, 11) is 0. The van der Waals surface area contributed by atoms with Crippen molar-refractivity contribution in [3.05, 3.63) is 45.4 Å². The van der Waals surface area contributed by atoms with E-state index in [1.165, 1.54) is 13.0 Å². The van der Waals surface area contributed by atoms with Crippen molar-refractivity contribution in [3.63, 3.8) is 0 Å². The number of nitrogens with one attached hydrogen (secondary N) is 1. The maximum atomic E-state index is 11.9. The van der Waals surface area contributed by atoms with Crippen LogP contribution in [0.25, 0.3) is 0 Å². The first-order chi connectivity index (χ1) is 7.70. The summed E-state index contributed by atoms with van der Waals surface area (Å²) in [5.41, 5.74) is -0.0534. The van der Waals surface area contributed by atoms with E-state index in [-0.39, 0.29) is 11.6 Å². The summed E-state index contributed by atoms with van der Waals surface area (Å²) in [6.45, 7) is 3.12. The molecule has 0 aliphatic rings. The topological polar surface area (TPSA) is 49.9 Å². The number of aromatic nitrogens is 1. The van der Waals surface area contributed by atoms with E-state index in [9.17, 15) is 22.8 Å². The fourth-order valence-electron chi connectivity index (χ4n) is 1.41. The highest BCUT2D eigenvalue weighted by atomic mass is 19.4. The van der Waals surface area contributed by atoms with Gasteiger partial charge in [0.2, 0.25) is 0 Å². The second-order valence-corrected chi connectivity index (χ2v) is 3.58. The molecule has 0 aliphatic carbocycles. The lowest BCUT2D eigenvalue weighted by Crippen LogP contribution is -2.19. The quantitative estimate of drug-likeness (QED) is 0.642. The molecule has 0 bridgehead atoms. The molecule has 0 saturated heterocycles. The van der Waals surface area contributed by atoms with Gasteiger partial charge in [0, 0.05) is 11.8 Å². The standard InChI is InChI=1S/C11H10F3NO2/c1-6-5-7(2)15-10(17)9(6)8(16)3-4-11(12,13)14/h3-5H,1-2H3,(H,15,17)/b4-3+. The van der Waals surface area contributed by atoms with Gasteiger partial charge in [-0.2, -0.15) is 13.2 Å². The number of hydrogen-bond donors (Lipinski definition) is 1. The molecule has 0 saturated carbocycles. The molecule has 1 rings (SSSR count). The minimum Gasteiger partial charge on any atom is -0.326 e. The Labute approximate surface area is 95.0 Å². The summed E-state index contributed by atoms with van der Waals surface area (Å²) >= 11 is 0. The van der Waals surface area contributed by atoms with Gasteiger partial charge in [-0.25, -0.2) is 0 Å². The number of rotatable bonds is 2. The van der Waals surface area contributed by atoms with Crippen LogP contribution in [-0.4, -0.2) is 16.9 Å². The molecule has 0 radical (unpaired) electrons. The Kier molecular flexibility index (Phi) is 3.55. The number of hydrogen-bond acceptors (Lipinski definition) is 2. The summed E-state index contributed by atoms with van der Waals surface area (Å²) in [4.78, 5) is 25.2. The predicted octanol–water partition coefficient (Wildman–Crippen LogP) is 2.29. The normalized spacial score (nSPS) is 12.1. The molecule has 0 aromatic carbocycles. The molecule has 92 valence electrons. The van der Waals surface area contributed by atoms with Crippen LogP contribution in [-0.2, 0) is 0 Å². The average Bonchev–Trinajstić information content (AvgIpc) is 2.11. The molecule has 0 unspecified atom stereocenters. The molecule has 0 amide bonds. The van der Waals surface area contributed by atoms with E-state index in [1.807, 2.05) is 0 Å². The molecule has 3 nitrogen and oxygen atoms in total. The lowest BCUT2D eigenvalue weighted by molar-refractivity contribution is -0.0799. The van der Waals surface area contributed by atoms with Crippen molar-refractivity contribution in [3.8, 4) is 0 Å². The van der Waals surface area contributed by atoms with Gasteiger partial charge < -0.3 is 4.98 Å². The minimum atomic E-state index is -4.57. The third kappa shape index (κ3) is 3.58. The van der Waals surface area contributed by atoms with Crippen LogP contribution >= 0.6 is 0 Å². The number of allylic oxidation sites excluding steroid dienone is 2. The average molecular weight is 245 g/mol. The molecule has 0 aliphatic heterocycles. The monoisotopic (exact) mass is 245 g/mol. The fraction of sp³-hybridized carbons (Fsp3) is 0.273.